The normalized spacial score (nSPS) is 16.6. The molecule has 1 unspecified atom stereocenters. The van der Waals surface area contributed by atoms with E-state index in [1.807, 2.05) is 54.6 Å². The van der Waals surface area contributed by atoms with Crippen LogP contribution in [0.1, 0.15) is 11.7 Å². The van der Waals surface area contributed by atoms with E-state index in [9.17, 15) is 4.79 Å². The zero-order chi connectivity index (χ0) is 19.0. The number of para-hydroxylation sites is 1. The number of amides is 1. The van der Waals surface area contributed by atoms with Crippen molar-refractivity contribution in [3.8, 4) is 0 Å². The molecule has 0 saturated carbocycles. The summed E-state index contributed by atoms with van der Waals surface area (Å²) in [5, 5.41) is 2.38. The Bertz CT molecular complexity index is 1000. The van der Waals surface area contributed by atoms with E-state index in [0.717, 1.165) is 15.7 Å². The molecule has 1 fully saturated rings. The smallest absolute Gasteiger partial charge is 0.319 e. The average molecular weight is 464 g/mol. The second-order valence-corrected chi connectivity index (χ2v) is 7.65. The first-order valence-electron chi connectivity index (χ1n) is 8.10. The van der Waals surface area contributed by atoms with Crippen LogP contribution in [0.25, 0.3) is 0 Å². The van der Waals surface area contributed by atoms with Crippen LogP contribution in [0.5, 0.6) is 0 Å². The summed E-state index contributed by atoms with van der Waals surface area (Å²) in [5.74, 6) is 0. The van der Waals surface area contributed by atoms with Crippen LogP contribution in [0.4, 0.5) is 16.2 Å². The van der Waals surface area contributed by atoms with Gasteiger partial charge in [0.15, 0.2) is 6.17 Å². The van der Waals surface area contributed by atoms with Crippen LogP contribution < -0.4 is 9.96 Å². The highest BCUT2D eigenvalue weighted by Gasteiger charge is 2.43. The monoisotopic (exact) mass is 462 g/mol. The Balaban J connectivity index is 1.85. The predicted molar refractivity (Wildman–Crippen MR) is 111 cm³/mol. The van der Waals surface area contributed by atoms with Gasteiger partial charge >= 0.3 is 6.09 Å². The van der Waals surface area contributed by atoms with E-state index in [-0.39, 0.29) is 0 Å². The minimum atomic E-state index is -0.505. The molecule has 7 heteroatoms. The van der Waals surface area contributed by atoms with Gasteiger partial charge < -0.3 is 4.84 Å². The van der Waals surface area contributed by atoms with Crippen molar-refractivity contribution in [2.24, 2.45) is 0 Å². The second kappa shape index (κ2) is 7.43. The largest absolute Gasteiger partial charge is 0.440 e. The van der Waals surface area contributed by atoms with Gasteiger partial charge in [0.2, 0.25) is 0 Å². The maximum absolute atomic E-state index is 12.8. The van der Waals surface area contributed by atoms with Gasteiger partial charge in [-0.25, -0.2) is 9.69 Å². The van der Waals surface area contributed by atoms with Crippen LogP contribution in [-0.2, 0) is 4.84 Å². The molecule has 0 aromatic heterocycles. The molecule has 0 N–H and O–H groups in total. The molecule has 1 heterocycles. The fourth-order valence-electron chi connectivity index (χ4n) is 2.98. The summed E-state index contributed by atoms with van der Waals surface area (Å²) in [6, 6.07) is 22.3. The Kier molecular flexibility index (Phi) is 5.00. The molecule has 0 spiro atoms. The quantitative estimate of drug-likeness (QED) is 0.426. The lowest BCUT2D eigenvalue weighted by molar-refractivity contribution is 0.164. The van der Waals surface area contributed by atoms with Crippen molar-refractivity contribution in [2.45, 2.75) is 6.17 Å². The van der Waals surface area contributed by atoms with Gasteiger partial charge in [-0.1, -0.05) is 69.5 Å². The topological polar surface area (TPSA) is 32.8 Å². The van der Waals surface area contributed by atoms with Gasteiger partial charge in [0, 0.05) is 4.47 Å². The summed E-state index contributed by atoms with van der Waals surface area (Å²) in [7, 11) is 0. The van der Waals surface area contributed by atoms with Gasteiger partial charge in [-0.2, -0.15) is 5.06 Å². The molecule has 3 aromatic carbocycles. The van der Waals surface area contributed by atoms with Crippen molar-refractivity contribution in [3.63, 3.8) is 0 Å². The van der Waals surface area contributed by atoms with Crippen molar-refractivity contribution in [1.29, 1.82) is 0 Å². The number of hydroxylamine groups is 1. The number of hydrogen-bond donors (Lipinski definition) is 0. The Morgan fingerprint density at radius 3 is 2.33 bits per heavy atom. The zero-order valence-electron chi connectivity index (χ0n) is 13.9. The van der Waals surface area contributed by atoms with Crippen molar-refractivity contribution < 1.29 is 9.63 Å². The molecule has 1 aliphatic rings. The van der Waals surface area contributed by atoms with Crippen LogP contribution in [0.3, 0.4) is 0 Å². The summed E-state index contributed by atoms with van der Waals surface area (Å²) in [6.07, 6.45) is -1.00. The van der Waals surface area contributed by atoms with Crippen molar-refractivity contribution in [1.82, 2.24) is 0 Å². The third-order valence-corrected chi connectivity index (χ3v) is 5.41. The third kappa shape index (κ3) is 3.50. The van der Waals surface area contributed by atoms with Gasteiger partial charge in [0.05, 0.1) is 21.4 Å². The molecule has 1 atom stereocenters. The van der Waals surface area contributed by atoms with Gasteiger partial charge in [-0.15, -0.1) is 0 Å². The number of halogens is 3. The van der Waals surface area contributed by atoms with E-state index >= 15 is 0 Å². The van der Waals surface area contributed by atoms with E-state index < -0.39 is 12.3 Å². The maximum Gasteiger partial charge on any atom is 0.440 e. The maximum atomic E-state index is 12.8. The molecule has 1 amide bonds. The van der Waals surface area contributed by atoms with Gasteiger partial charge in [0.1, 0.15) is 0 Å². The summed E-state index contributed by atoms with van der Waals surface area (Å²) in [5.41, 5.74) is 2.24. The molecule has 4 nitrogen and oxygen atoms in total. The highest BCUT2D eigenvalue weighted by atomic mass is 79.9. The van der Waals surface area contributed by atoms with Crippen LogP contribution >= 0.6 is 39.1 Å². The number of nitrogens with zero attached hydrogens (tertiary/aromatic N) is 2. The number of carbonyl (C=O) groups excluding carboxylic acids is 1. The lowest BCUT2D eigenvalue weighted by Crippen LogP contribution is -2.31. The number of benzene rings is 3. The van der Waals surface area contributed by atoms with Crippen LogP contribution in [0.15, 0.2) is 77.3 Å². The molecule has 0 aliphatic carbocycles. The van der Waals surface area contributed by atoms with E-state index in [2.05, 4.69) is 15.9 Å². The lowest BCUT2D eigenvalue weighted by atomic mass is 10.1. The summed E-state index contributed by atoms with van der Waals surface area (Å²) < 4.78 is 0.904. The Hall–Kier alpha value is -2.21. The molecule has 1 aliphatic heterocycles. The average Bonchev–Trinajstić information content (AvgIpc) is 3.02. The summed E-state index contributed by atoms with van der Waals surface area (Å²) in [6.45, 7) is 0. The predicted octanol–water partition coefficient (Wildman–Crippen LogP) is 6.83. The standard InChI is InChI=1S/C20H13BrCl2N2O2/c21-14-6-4-5-13(11-14)19-24(16-9-10-17(22)18(23)12-16)20(26)27-25(19)15-7-2-1-3-8-15/h1-12,19H. The van der Waals surface area contributed by atoms with Crippen LogP contribution in [0, 0.1) is 0 Å². The highest BCUT2D eigenvalue weighted by Crippen LogP contribution is 2.41. The fourth-order valence-corrected chi connectivity index (χ4v) is 3.69. The number of carbonyl (C=O) groups is 1. The van der Waals surface area contributed by atoms with E-state index in [4.69, 9.17) is 28.0 Å². The highest BCUT2D eigenvalue weighted by molar-refractivity contribution is 9.10. The summed E-state index contributed by atoms with van der Waals surface area (Å²) in [4.78, 5) is 20.0. The molecular formula is C20H13BrCl2N2O2. The van der Waals surface area contributed by atoms with Gasteiger partial charge in [-0.3, -0.25) is 0 Å². The Morgan fingerprint density at radius 2 is 1.63 bits per heavy atom. The molecule has 27 heavy (non-hydrogen) atoms. The fraction of sp³-hybridized carbons (Fsp3) is 0.0500. The van der Waals surface area contributed by atoms with Crippen molar-refractivity contribution >= 4 is 56.6 Å². The van der Waals surface area contributed by atoms with E-state index in [0.29, 0.717) is 15.7 Å². The van der Waals surface area contributed by atoms with E-state index in [1.54, 1.807) is 28.2 Å². The third-order valence-electron chi connectivity index (χ3n) is 4.18. The Morgan fingerprint density at radius 1 is 0.852 bits per heavy atom. The molecule has 0 bridgehead atoms. The minimum Gasteiger partial charge on any atom is -0.319 e. The summed E-state index contributed by atoms with van der Waals surface area (Å²) >= 11 is 15.7. The SMILES string of the molecule is O=C1ON(c2ccccc2)C(c2cccc(Br)c2)N1c1ccc(Cl)c(Cl)c1. The van der Waals surface area contributed by atoms with Gasteiger partial charge in [-0.05, 0) is 48.0 Å². The molecule has 3 aromatic rings. The first-order chi connectivity index (χ1) is 13.0. The molecule has 0 radical (unpaired) electrons. The lowest BCUT2D eigenvalue weighted by Gasteiger charge is -2.27. The molecule has 4 rings (SSSR count). The first kappa shape index (κ1) is 18.2. The minimum absolute atomic E-state index is 0.369. The molecular weight excluding hydrogens is 451 g/mol. The number of hydrogen-bond acceptors (Lipinski definition) is 3. The number of anilines is 2. The molecule has 136 valence electrons. The van der Waals surface area contributed by atoms with Crippen molar-refractivity contribution in [3.05, 3.63) is 92.9 Å². The zero-order valence-corrected chi connectivity index (χ0v) is 16.9. The molecule has 1 saturated heterocycles. The van der Waals surface area contributed by atoms with Gasteiger partial charge in [0.25, 0.3) is 0 Å². The van der Waals surface area contributed by atoms with Crippen LogP contribution in [-0.4, -0.2) is 6.09 Å². The first-order valence-corrected chi connectivity index (χ1v) is 9.65. The Labute approximate surface area is 174 Å². The van der Waals surface area contributed by atoms with E-state index in [1.165, 1.54) is 0 Å². The van der Waals surface area contributed by atoms with Crippen molar-refractivity contribution in [2.75, 3.05) is 9.96 Å². The second-order valence-electron chi connectivity index (χ2n) is 5.92. The number of rotatable bonds is 3. The van der Waals surface area contributed by atoms with Crippen LogP contribution in [0.2, 0.25) is 10.0 Å².